The van der Waals surface area contributed by atoms with Crippen molar-refractivity contribution in [3.8, 4) is 0 Å². The molecule has 16 heavy (non-hydrogen) atoms. The highest BCUT2D eigenvalue weighted by Crippen LogP contribution is 2.20. The molecule has 0 atom stereocenters. The first-order chi connectivity index (χ1) is 7.74. The van der Waals surface area contributed by atoms with E-state index in [-0.39, 0.29) is 5.82 Å². The van der Waals surface area contributed by atoms with E-state index in [2.05, 4.69) is 10.3 Å². The number of rotatable bonds is 3. The summed E-state index contributed by atoms with van der Waals surface area (Å²) >= 11 is 0. The predicted octanol–water partition coefficient (Wildman–Crippen LogP) is 1.96. The molecule has 1 aromatic carbocycles. The van der Waals surface area contributed by atoms with Gasteiger partial charge in [-0.1, -0.05) is 0 Å². The highest BCUT2D eigenvalue weighted by molar-refractivity contribution is 5.75. The van der Waals surface area contributed by atoms with Gasteiger partial charge in [0, 0.05) is 19.2 Å². The molecule has 1 N–H and O–H groups in total. The lowest BCUT2D eigenvalue weighted by Gasteiger charge is -2.02. The van der Waals surface area contributed by atoms with Crippen LogP contribution in [0.15, 0.2) is 18.2 Å². The van der Waals surface area contributed by atoms with Crippen molar-refractivity contribution >= 4 is 11.0 Å². The number of benzene rings is 1. The van der Waals surface area contributed by atoms with Gasteiger partial charge in [0.15, 0.2) is 0 Å². The maximum Gasteiger partial charge on any atom is 0.125 e. The van der Waals surface area contributed by atoms with Crippen LogP contribution in [0.2, 0.25) is 0 Å². The molecule has 0 unspecified atom stereocenters. The molecule has 1 aliphatic carbocycles. The van der Waals surface area contributed by atoms with Gasteiger partial charge in [-0.05, 0) is 25.0 Å². The third-order valence-electron chi connectivity index (χ3n) is 3.06. The van der Waals surface area contributed by atoms with Gasteiger partial charge >= 0.3 is 0 Å². The Labute approximate surface area is 93.3 Å². The fraction of sp³-hybridized carbons (Fsp3) is 0.417. The lowest BCUT2D eigenvalue weighted by atomic mass is 10.3. The number of aryl methyl sites for hydroxylation is 1. The third kappa shape index (κ3) is 1.69. The van der Waals surface area contributed by atoms with E-state index < -0.39 is 0 Å². The SMILES string of the molecule is Cn1c(CNC2CC2)nc2cc(F)ccc21. The molecular formula is C12H14FN3. The first-order valence-electron chi connectivity index (χ1n) is 5.58. The minimum atomic E-state index is -0.229. The van der Waals surface area contributed by atoms with Crippen molar-refractivity contribution in [2.75, 3.05) is 0 Å². The van der Waals surface area contributed by atoms with Gasteiger partial charge in [-0.2, -0.15) is 0 Å². The molecule has 1 heterocycles. The fourth-order valence-electron chi connectivity index (χ4n) is 1.90. The molecule has 0 radical (unpaired) electrons. The second-order valence-electron chi connectivity index (χ2n) is 4.38. The van der Waals surface area contributed by atoms with Gasteiger partial charge in [-0.3, -0.25) is 0 Å². The lowest BCUT2D eigenvalue weighted by molar-refractivity contribution is 0.629. The molecule has 84 valence electrons. The molecule has 3 nitrogen and oxygen atoms in total. The van der Waals surface area contributed by atoms with Crippen LogP contribution in [0, 0.1) is 5.82 Å². The molecular weight excluding hydrogens is 205 g/mol. The monoisotopic (exact) mass is 219 g/mol. The largest absolute Gasteiger partial charge is 0.330 e. The standard InChI is InChI=1S/C12H14FN3/c1-16-11-5-2-8(13)6-10(11)15-12(16)7-14-9-3-4-9/h2,5-6,9,14H,3-4,7H2,1H3. The average Bonchev–Trinajstić information content (AvgIpc) is 3.03. The smallest absolute Gasteiger partial charge is 0.125 e. The number of halogens is 1. The van der Waals surface area contributed by atoms with E-state index in [1.165, 1.54) is 25.0 Å². The maximum absolute atomic E-state index is 13.0. The first kappa shape index (κ1) is 9.78. The number of hydrogen-bond acceptors (Lipinski definition) is 2. The van der Waals surface area contributed by atoms with Crippen LogP contribution in [0.4, 0.5) is 4.39 Å². The summed E-state index contributed by atoms with van der Waals surface area (Å²) in [5, 5.41) is 3.41. The van der Waals surface area contributed by atoms with Gasteiger partial charge in [0.25, 0.3) is 0 Å². The first-order valence-corrected chi connectivity index (χ1v) is 5.58. The van der Waals surface area contributed by atoms with E-state index in [1.807, 2.05) is 11.6 Å². The second kappa shape index (κ2) is 3.56. The Morgan fingerprint density at radius 3 is 3.06 bits per heavy atom. The van der Waals surface area contributed by atoms with E-state index >= 15 is 0 Å². The van der Waals surface area contributed by atoms with Crippen molar-refractivity contribution in [3.63, 3.8) is 0 Å². The van der Waals surface area contributed by atoms with E-state index in [1.54, 1.807) is 6.07 Å². The van der Waals surface area contributed by atoms with Crippen LogP contribution in [-0.2, 0) is 13.6 Å². The summed E-state index contributed by atoms with van der Waals surface area (Å²) in [6.45, 7) is 0.761. The summed E-state index contributed by atoms with van der Waals surface area (Å²) < 4.78 is 15.1. The molecule has 0 bridgehead atoms. The number of imidazole rings is 1. The van der Waals surface area contributed by atoms with Gasteiger partial charge < -0.3 is 9.88 Å². The van der Waals surface area contributed by atoms with E-state index in [9.17, 15) is 4.39 Å². The number of nitrogens with zero attached hydrogens (tertiary/aromatic N) is 2. The molecule has 1 saturated carbocycles. The zero-order valence-electron chi connectivity index (χ0n) is 9.20. The van der Waals surface area contributed by atoms with Crippen molar-refractivity contribution in [2.45, 2.75) is 25.4 Å². The summed E-state index contributed by atoms with van der Waals surface area (Å²) in [6.07, 6.45) is 2.52. The highest BCUT2D eigenvalue weighted by Gasteiger charge is 2.21. The van der Waals surface area contributed by atoms with Gasteiger partial charge in [-0.15, -0.1) is 0 Å². The molecule has 0 aliphatic heterocycles. The molecule has 1 aromatic heterocycles. The molecule has 4 heteroatoms. The van der Waals surface area contributed by atoms with Crippen molar-refractivity contribution in [1.82, 2.24) is 14.9 Å². The Morgan fingerprint density at radius 1 is 1.50 bits per heavy atom. The summed E-state index contributed by atoms with van der Waals surface area (Å²) in [5.41, 5.74) is 1.71. The molecule has 0 amide bonds. The van der Waals surface area contributed by atoms with Crippen molar-refractivity contribution < 1.29 is 4.39 Å². The predicted molar refractivity (Wildman–Crippen MR) is 60.5 cm³/mol. The lowest BCUT2D eigenvalue weighted by Crippen LogP contribution is -2.18. The molecule has 2 aromatic rings. The topological polar surface area (TPSA) is 29.9 Å². The summed E-state index contributed by atoms with van der Waals surface area (Å²) in [7, 11) is 1.97. The van der Waals surface area contributed by atoms with Crippen LogP contribution in [0.1, 0.15) is 18.7 Å². The normalized spacial score (nSPS) is 15.9. The summed E-state index contributed by atoms with van der Waals surface area (Å²) in [4.78, 5) is 4.43. The molecule has 1 aliphatic rings. The Bertz CT molecular complexity index is 528. The Balaban J connectivity index is 1.94. The molecule has 3 rings (SSSR count). The number of aromatic nitrogens is 2. The van der Waals surface area contributed by atoms with E-state index in [0.717, 1.165) is 23.4 Å². The maximum atomic E-state index is 13.0. The zero-order valence-corrected chi connectivity index (χ0v) is 9.20. The Kier molecular flexibility index (Phi) is 2.17. The van der Waals surface area contributed by atoms with E-state index in [4.69, 9.17) is 0 Å². The third-order valence-corrected chi connectivity index (χ3v) is 3.06. The second-order valence-corrected chi connectivity index (χ2v) is 4.38. The quantitative estimate of drug-likeness (QED) is 0.855. The number of nitrogens with one attached hydrogen (secondary N) is 1. The van der Waals surface area contributed by atoms with Crippen molar-refractivity contribution in [1.29, 1.82) is 0 Å². The Morgan fingerprint density at radius 2 is 2.31 bits per heavy atom. The van der Waals surface area contributed by atoms with Gasteiger partial charge in [-0.25, -0.2) is 9.37 Å². The minimum Gasteiger partial charge on any atom is -0.330 e. The molecule has 1 fully saturated rings. The van der Waals surface area contributed by atoms with Gasteiger partial charge in [0.1, 0.15) is 11.6 Å². The van der Waals surface area contributed by atoms with Crippen LogP contribution < -0.4 is 5.32 Å². The van der Waals surface area contributed by atoms with E-state index in [0.29, 0.717) is 6.04 Å². The minimum absolute atomic E-state index is 0.229. The van der Waals surface area contributed by atoms with Crippen molar-refractivity contribution in [3.05, 3.63) is 29.8 Å². The molecule has 0 saturated heterocycles. The van der Waals surface area contributed by atoms with Gasteiger partial charge in [0.2, 0.25) is 0 Å². The summed E-state index contributed by atoms with van der Waals surface area (Å²) in [6, 6.07) is 5.40. The van der Waals surface area contributed by atoms with Crippen molar-refractivity contribution in [2.24, 2.45) is 7.05 Å². The average molecular weight is 219 g/mol. The Hall–Kier alpha value is -1.42. The van der Waals surface area contributed by atoms with Gasteiger partial charge in [0.05, 0.1) is 17.6 Å². The van der Waals surface area contributed by atoms with Crippen LogP contribution >= 0.6 is 0 Å². The summed E-state index contributed by atoms with van der Waals surface area (Å²) in [5.74, 6) is 0.736. The van der Waals surface area contributed by atoms with Crippen LogP contribution in [-0.4, -0.2) is 15.6 Å². The van der Waals surface area contributed by atoms with Crippen LogP contribution in [0.3, 0.4) is 0 Å². The van der Waals surface area contributed by atoms with Crippen LogP contribution in [0.25, 0.3) is 11.0 Å². The van der Waals surface area contributed by atoms with Crippen LogP contribution in [0.5, 0.6) is 0 Å². The number of fused-ring (bicyclic) bond motifs is 1. The highest BCUT2D eigenvalue weighted by atomic mass is 19.1. The molecule has 0 spiro atoms. The zero-order chi connectivity index (χ0) is 11.1. The fourth-order valence-corrected chi connectivity index (χ4v) is 1.90. The number of hydrogen-bond donors (Lipinski definition) is 1.